The first-order valence-corrected chi connectivity index (χ1v) is 7.61. The number of nitrogens with zero attached hydrogens (tertiary/aromatic N) is 2. The van der Waals surface area contributed by atoms with Crippen LogP contribution in [-0.2, 0) is 0 Å². The highest BCUT2D eigenvalue weighted by Gasteiger charge is 2.05. The van der Waals surface area contributed by atoms with E-state index in [9.17, 15) is 5.11 Å². The predicted molar refractivity (Wildman–Crippen MR) is 91.2 cm³/mol. The van der Waals surface area contributed by atoms with Crippen molar-refractivity contribution in [3.05, 3.63) is 56.5 Å². The molecular weight excluding hydrogens is 400 g/mol. The zero-order valence-corrected chi connectivity index (χ0v) is 14.3. The summed E-state index contributed by atoms with van der Waals surface area (Å²) in [6.07, 6.45) is 1.58. The first-order chi connectivity index (χ1) is 10.0. The molecule has 4 nitrogen and oxygen atoms in total. The van der Waals surface area contributed by atoms with Gasteiger partial charge in [-0.15, -0.1) is 0 Å². The summed E-state index contributed by atoms with van der Waals surface area (Å²) in [6, 6.07) is 10.8. The Labute approximate surface area is 139 Å². The molecule has 0 fully saturated rings. The van der Waals surface area contributed by atoms with Crippen LogP contribution in [0.5, 0.6) is 5.75 Å². The third-order valence-electron chi connectivity index (χ3n) is 2.82. The molecule has 0 spiro atoms. The van der Waals surface area contributed by atoms with Gasteiger partial charge in [-0.1, -0.05) is 33.2 Å². The van der Waals surface area contributed by atoms with Crippen molar-refractivity contribution in [3.63, 3.8) is 0 Å². The summed E-state index contributed by atoms with van der Waals surface area (Å²) >= 11 is 6.65. The Morgan fingerprint density at radius 3 is 2.67 bits per heavy atom. The lowest BCUT2D eigenvalue weighted by atomic mass is 10.1. The zero-order chi connectivity index (χ0) is 15.4. The molecule has 2 N–H and O–H groups in total. The molecule has 2 aromatic carbocycles. The second kappa shape index (κ2) is 6.87. The molecule has 0 atom stereocenters. The van der Waals surface area contributed by atoms with Crippen molar-refractivity contribution in [3.8, 4) is 5.75 Å². The lowest BCUT2D eigenvalue weighted by molar-refractivity contribution is 0.319. The van der Waals surface area contributed by atoms with Crippen molar-refractivity contribution in [1.29, 1.82) is 0 Å². The molecule has 0 aliphatic rings. The highest BCUT2D eigenvalue weighted by Crippen LogP contribution is 2.31. The minimum atomic E-state index is 0.131. The van der Waals surface area contributed by atoms with Crippen LogP contribution in [0.1, 0.15) is 18.1 Å². The number of aliphatic imine (C=N–C) groups is 1. The lowest BCUT2D eigenvalue weighted by Gasteiger charge is -2.03. The topological polar surface area (TPSA) is 65.2 Å². The largest absolute Gasteiger partial charge is 0.506 e. The molecule has 2 rings (SSSR count). The van der Waals surface area contributed by atoms with Crippen molar-refractivity contribution >= 4 is 49.5 Å². The van der Waals surface area contributed by atoms with Gasteiger partial charge in [-0.05, 0) is 47.1 Å². The summed E-state index contributed by atoms with van der Waals surface area (Å²) in [7, 11) is 0. The van der Waals surface area contributed by atoms with E-state index in [0.29, 0.717) is 21.4 Å². The number of phenols is 1. The molecule has 0 radical (unpaired) electrons. The zero-order valence-electron chi connectivity index (χ0n) is 11.1. The van der Waals surface area contributed by atoms with Crippen LogP contribution in [0.4, 0.5) is 5.69 Å². The molecule has 0 heterocycles. The molecule has 0 saturated carbocycles. The molecule has 0 unspecified atom stereocenters. The Hall–Kier alpha value is -1.66. The smallest absolute Gasteiger partial charge is 0.138 e. The Kier molecular flexibility index (Phi) is 5.14. The molecule has 21 heavy (non-hydrogen) atoms. The van der Waals surface area contributed by atoms with Crippen LogP contribution in [0.15, 0.2) is 55.5 Å². The Morgan fingerprint density at radius 2 is 1.95 bits per heavy atom. The SMILES string of the molecule is C/C(=N\O)c1cccc(N=Cc2cc(Br)cc(Br)c2O)c1. The van der Waals surface area contributed by atoms with E-state index in [-0.39, 0.29) is 5.75 Å². The lowest BCUT2D eigenvalue weighted by Crippen LogP contribution is -1.93. The molecule has 0 saturated heterocycles. The number of aromatic hydroxyl groups is 1. The van der Waals surface area contributed by atoms with E-state index in [1.807, 2.05) is 18.2 Å². The molecule has 6 heteroatoms. The maximum Gasteiger partial charge on any atom is 0.138 e. The van der Waals surface area contributed by atoms with Crippen LogP contribution in [0.2, 0.25) is 0 Å². The predicted octanol–water partition coefficient (Wildman–Crippen LogP) is 4.87. The fraction of sp³-hybridized carbons (Fsp3) is 0.0667. The average Bonchev–Trinajstić information content (AvgIpc) is 2.49. The van der Waals surface area contributed by atoms with Gasteiger partial charge in [0.1, 0.15) is 5.75 Å². The summed E-state index contributed by atoms with van der Waals surface area (Å²) in [6.45, 7) is 1.71. The van der Waals surface area contributed by atoms with Crippen LogP contribution < -0.4 is 0 Å². The number of hydrogen-bond donors (Lipinski definition) is 2. The van der Waals surface area contributed by atoms with Gasteiger partial charge in [-0.2, -0.15) is 0 Å². The van der Waals surface area contributed by atoms with E-state index in [1.165, 1.54) is 0 Å². The summed E-state index contributed by atoms with van der Waals surface area (Å²) < 4.78 is 1.43. The number of halogens is 2. The van der Waals surface area contributed by atoms with E-state index >= 15 is 0 Å². The van der Waals surface area contributed by atoms with Gasteiger partial charge >= 0.3 is 0 Å². The summed E-state index contributed by atoms with van der Waals surface area (Å²) in [5, 5.41) is 21.9. The Balaban J connectivity index is 2.34. The van der Waals surface area contributed by atoms with Gasteiger partial charge in [-0.25, -0.2) is 0 Å². The number of phenolic OH excluding ortho intramolecular Hbond substituents is 1. The first-order valence-electron chi connectivity index (χ1n) is 6.02. The number of rotatable bonds is 3. The summed E-state index contributed by atoms with van der Waals surface area (Å²) in [5.74, 6) is 0.131. The maximum absolute atomic E-state index is 9.97. The third-order valence-corrected chi connectivity index (χ3v) is 3.89. The maximum atomic E-state index is 9.97. The van der Waals surface area contributed by atoms with Gasteiger partial charge in [0, 0.05) is 21.8 Å². The van der Waals surface area contributed by atoms with Gasteiger partial charge in [0.15, 0.2) is 0 Å². The molecular formula is C15H12Br2N2O2. The van der Waals surface area contributed by atoms with Crippen LogP contribution in [0.25, 0.3) is 0 Å². The van der Waals surface area contributed by atoms with Gasteiger partial charge in [0.2, 0.25) is 0 Å². The number of benzene rings is 2. The molecule has 0 aliphatic heterocycles. The molecule has 0 aromatic heterocycles. The molecule has 2 aromatic rings. The van der Waals surface area contributed by atoms with E-state index < -0.39 is 0 Å². The van der Waals surface area contributed by atoms with Crippen LogP contribution in [-0.4, -0.2) is 22.2 Å². The van der Waals surface area contributed by atoms with E-state index in [0.717, 1.165) is 10.0 Å². The monoisotopic (exact) mass is 410 g/mol. The minimum Gasteiger partial charge on any atom is -0.506 e. The van der Waals surface area contributed by atoms with Crippen molar-refractivity contribution in [2.45, 2.75) is 6.92 Å². The molecule has 108 valence electrons. The van der Waals surface area contributed by atoms with E-state index in [4.69, 9.17) is 5.21 Å². The Morgan fingerprint density at radius 1 is 1.19 bits per heavy atom. The van der Waals surface area contributed by atoms with Crippen molar-refractivity contribution in [2.24, 2.45) is 10.1 Å². The van der Waals surface area contributed by atoms with Crippen LogP contribution in [0.3, 0.4) is 0 Å². The second-order valence-corrected chi connectivity index (χ2v) is 6.09. The fourth-order valence-corrected chi connectivity index (χ4v) is 2.96. The molecule has 0 bridgehead atoms. The second-order valence-electron chi connectivity index (χ2n) is 4.32. The highest BCUT2D eigenvalue weighted by atomic mass is 79.9. The minimum absolute atomic E-state index is 0.131. The quantitative estimate of drug-likeness (QED) is 0.430. The summed E-state index contributed by atoms with van der Waals surface area (Å²) in [4.78, 5) is 4.33. The van der Waals surface area contributed by atoms with Crippen molar-refractivity contribution in [2.75, 3.05) is 0 Å². The standard InChI is InChI=1S/C15H12Br2N2O2/c1-9(19-21)10-3-2-4-13(6-10)18-8-11-5-12(16)7-14(17)15(11)20/h2-8,20-21H,1H3/b18-8?,19-9+. The van der Waals surface area contributed by atoms with Gasteiger partial charge in [0.25, 0.3) is 0 Å². The first kappa shape index (κ1) is 15.7. The van der Waals surface area contributed by atoms with E-state index in [1.54, 1.807) is 31.3 Å². The molecule has 0 amide bonds. The van der Waals surface area contributed by atoms with Crippen molar-refractivity contribution in [1.82, 2.24) is 0 Å². The number of hydrogen-bond acceptors (Lipinski definition) is 4. The van der Waals surface area contributed by atoms with Gasteiger partial charge < -0.3 is 10.3 Å². The third kappa shape index (κ3) is 3.92. The Bertz CT molecular complexity index is 728. The van der Waals surface area contributed by atoms with Gasteiger partial charge in [0.05, 0.1) is 15.9 Å². The fourth-order valence-electron chi connectivity index (χ4n) is 1.70. The van der Waals surface area contributed by atoms with Crippen LogP contribution >= 0.6 is 31.9 Å². The summed E-state index contributed by atoms with van der Waals surface area (Å²) in [5.41, 5.74) is 2.59. The normalized spacial score (nSPS) is 12.0. The van der Waals surface area contributed by atoms with Crippen molar-refractivity contribution < 1.29 is 10.3 Å². The number of oxime groups is 1. The molecule has 0 aliphatic carbocycles. The van der Waals surface area contributed by atoms with Crippen LogP contribution in [0, 0.1) is 0 Å². The highest BCUT2D eigenvalue weighted by molar-refractivity contribution is 9.11. The van der Waals surface area contributed by atoms with Gasteiger partial charge in [-0.3, -0.25) is 4.99 Å². The average molecular weight is 412 g/mol. The van der Waals surface area contributed by atoms with E-state index in [2.05, 4.69) is 42.0 Å².